The predicted molar refractivity (Wildman–Crippen MR) is 111 cm³/mol. The largest absolute Gasteiger partial charge is 0.326 e. The van der Waals surface area contributed by atoms with Crippen LogP contribution in [0.5, 0.6) is 0 Å². The fraction of sp³-hybridized carbons (Fsp3) is 0.318. The van der Waals surface area contributed by atoms with Gasteiger partial charge in [-0.25, -0.2) is 0 Å². The molecule has 3 N–H and O–H groups in total. The summed E-state index contributed by atoms with van der Waals surface area (Å²) in [5.74, 6) is 0.0605. The summed E-state index contributed by atoms with van der Waals surface area (Å²) in [6.45, 7) is 6.52. The van der Waals surface area contributed by atoms with Gasteiger partial charge in [0.15, 0.2) is 0 Å². The van der Waals surface area contributed by atoms with E-state index in [0.29, 0.717) is 11.4 Å². The number of halogens is 1. The topological polar surface area (TPSA) is 38.0 Å². The second kappa shape index (κ2) is 10.3. The molecular weight excluding hydrogens is 358 g/mol. The van der Waals surface area contributed by atoms with E-state index in [1.54, 1.807) is 17.0 Å². The van der Waals surface area contributed by atoms with Gasteiger partial charge < -0.3 is 15.1 Å². The molecule has 0 atom stereocenters. The third-order valence-electron chi connectivity index (χ3n) is 4.99. The highest BCUT2D eigenvalue weighted by molar-refractivity contribution is 6.30. The van der Waals surface area contributed by atoms with Gasteiger partial charge in [-0.05, 0) is 29.8 Å². The molecule has 1 fully saturated rings. The maximum absolute atomic E-state index is 12.1. The number of amides is 1. The van der Waals surface area contributed by atoms with Crippen molar-refractivity contribution < 1.29 is 14.6 Å². The molecular formula is C22H28ClN3O+2. The fourth-order valence-electron chi connectivity index (χ4n) is 3.42. The Labute approximate surface area is 166 Å². The van der Waals surface area contributed by atoms with Crippen LogP contribution in [-0.2, 0) is 4.79 Å². The summed E-state index contributed by atoms with van der Waals surface area (Å²) < 4.78 is 0. The minimum absolute atomic E-state index is 0.0605. The lowest BCUT2D eigenvalue weighted by Gasteiger charge is -2.29. The van der Waals surface area contributed by atoms with E-state index >= 15 is 0 Å². The molecule has 0 aliphatic carbocycles. The summed E-state index contributed by atoms with van der Waals surface area (Å²) in [5.41, 5.74) is 2.02. The first-order valence-corrected chi connectivity index (χ1v) is 10.0. The van der Waals surface area contributed by atoms with Crippen LogP contribution in [0.2, 0.25) is 5.02 Å². The average molecular weight is 386 g/mol. The summed E-state index contributed by atoms with van der Waals surface area (Å²) >= 11 is 5.95. The molecule has 1 saturated heterocycles. The van der Waals surface area contributed by atoms with Crippen molar-refractivity contribution in [3.05, 3.63) is 71.3 Å². The lowest BCUT2D eigenvalue weighted by atomic mass is 10.2. The number of quaternary nitrogens is 2. The number of piperazine rings is 1. The number of rotatable bonds is 7. The van der Waals surface area contributed by atoms with E-state index in [1.165, 1.54) is 10.5 Å². The van der Waals surface area contributed by atoms with Crippen LogP contribution in [0.4, 0.5) is 5.69 Å². The molecule has 0 unspecified atom stereocenters. The highest BCUT2D eigenvalue weighted by Crippen LogP contribution is 2.14. The van der Waals surface area contributed by atoms with E-state index in [2.05, 4.69) is 41.7 Å². The Bertz CT molecular complexity index is 755. The van der Waals surface area contributed by atoms with E-state index in [4.69, 9.17) is 11.6 Å². The molecule has 1 aliphatic heterocycles. The molecule has 0 spiro atoms. The number of nitrogens with one attached hydrogen (secondary N) is 3. The third-order valence-corrected chi connectivity index (χ3v) is 5.23. The monoisotopic (exact) mass is 385 g/mol. The molecule has 5 heteroatoms. The first-order chi connectivity index (χ1) is 13.2. The zero-order chi connectivity index (χ0) is 18.9. The fourth-order valence-corrected chi connectivity index (χ4v) is 3.61. The Balaban J connectivity index is 1.33. The maximum atomic E-state index is 12.1. The minimum Gasteiger partial charge on any atom is -0.326 e. The van der Waals surface area contributed by atoms with Crippen LogP contribution in [0.3, 0.4) is 0 Å². The molecule has 0 aromatic heterocycles. The van der Waals surface area contributed by atoms with E-state index < -0.39 is 0 Å². The van der Waals surface area contributed by atoms with Crippen molar-refractivity contribution in [3.8, 4) is 0 Å². The first-order valence-electron chi connectivity index (χ1n) is 9.63. The zero-order valence-electron chi connectivity index (χ0n) is 15.6. The van der Waals surface area contributed by atoms with Crippen molar-refractivity contribution in [2.75, 3.05) is 44.6 Å². The second-order valence-corrected chi connectivity index (χ2v) is 7.51. The van der Waals surface area contributed by atoms with Crippen LogP contribution in [0.15, 0.2) is 60.7 Å². The molecule has 2 aromatic rings. The standard InChI is InChI=1S/C22H26ClN3O/c23-20-9-4-10-21(18-20)24-22(27)11-13-26-16-14-25(15-17-26)12-5-8-19-6-2-1-3-7-19/h1-10,18H,11-17H2,(H,24,27)/p+2/b8-5+. The van der Waals surface area contributed by atoms with Gasteiger partial charge in [0.25, 0.3) is 0 Å². The number of hydrogen-bond donors (Lipinski definition) is 3. The Hall–Kier alpha value is -2.14. The Morgan fingerprint density at radius 3 is 2.48 bits per heavy atom. The Kier molecular flexibility index (Phi) is 7.45. The van der Waals surface area contributed by atoms with Crippen molar-refractivity contribution in [1.29, 1.82) is 0 Å². The van der Waals surface area contributed by atoms with Crippen LogP contribution in [0.1, 0.15) is 12.0 Å². The molecule has 27 heavy (non-hydrogen) atoms. The van der Waals surface area contributed by atoms with Gasteiger partial charge >= 0.3 is 0 Å². The van der Waals surface area contributed by atoms with Crippen LogP contribution >= 0.6 is 11.6 Å². The molecule has 1 aliphatic rings. The van der Waals surface area contributed by atoms with Crippen molar-refractivity contribution in [2.24, 2.45) is 0 Å². The predicted octanol–water partition coefficient (Wildman–Crippen LogP) is 1.17. The number of carbonyl (C=O) groups is 1. The molecule has 142 valence electrons. The van der Waals surface area contributed by atoms with Crippen LogP contribution in [0.25, 0.3) is 6.08 Å². The minimum atomic E-state index is 0.0605. The van der Waals surface area contributed by atoms with Crippen molar-refractivity contribution >= 4 is 29.3 Å². The molecule has 1 amide bonds. The number of carbonyl (C=O) groups excluding carboxylic acids is 1. The highest BCUT2D eigenvalue weighted by atomic mass is 35.5. The lowest BCUT2D eigenvalue weighted by molar-refractivity contribution is -1.01. The number of hydrogen-bond acceptors (Lipinski definition) is 1. The van der Waals surface area contributed by atoms with Crippen molar-refractivity contribution in [2.45, 2.75) is 6.42 Å². The van der Waals surface area contributed by atoms with Gasteiger partial charge in [0.2, 0.25) is 5.91 Å². The molecule has 4 nitrogen and oxygen atoms in total. The van der Waals surface area contributed by atoms with Gasteiger partial charge in [-0.2, -0.15) is 0 Å². The summed E-state index contributed by atoms with van der Waals surface area (Å²) in [6, 6.07) is 17.7. The normalized spacial score (nSPS) is 19.9. The Morgan fingerprint density at radius 2 is 1.74 bits per heavy atom. The maximum Gasteiger partial charge on any atom is 0.230 e. The number of benzene rings is 2. The second-order valence-electron chi connectivity index (χ2n) is 7.08. The molecule has 1 heterocycles. The molecule has 2 aromatic carbocycles. The van der Waals surface area contributed by atoms with Crippen LogP contribution in [0, 0.1) is 0 Å². The first kappa shape index (κ1) is 19.6. The number of anilines is 1. The molecule has 3 rings (SSSR count). The third kappa shape index (κ3) is 6.83. The molecule has 0 saturated carbocycles. The van der Waals surface area contributed by atoms with E-state index in [0.717, 1.165) is 45.0 Å². The molecule has 0 radical (unpaired) electrons. The highest BCUT2D eigenvalue weighted by Gasteiger charge is 2.22. The van der Waals surface area contributed by atoms with Crippen LogP contribution < -0.4 is 15.1 Å². The van der Waals surface area contributed by atoms with E-state index in [1.807, 2.05) is 18.2 Å². The quantitative estimate of drug-likeness (QED) is 0.657. The molecule has 0 bridgehead atoms. The van der Waals surface area contributed by atoms with E-state index in [9.17, 15) is 4.79 Å². The van der Waals surface area contributed by atoms with Gasteiger partial charge in [-0.3, -0.25) is 4.79 Å². The Morgan fingerprint density at radius 1 is 1.00 bits per heavy atom. The smallest absolute Gasteiger partial charge is 0.230 e. The van der Waals surface area contributed by atoms with Crippen molar-refractivity contribution in [1.82, 2.24) is 0 Å². The lowest BCUT2D eigenvalue weighted by Crippen LogP contribution is -3.28. The average Bonchev–Trinajstić information content (AvgIpc) is 2.68. The van der Waals surface area contributed by atoms with Gasteiger partial charge in [-0.1, -0.05) is 54.1 Å². The summed E-state index contributed by atoms with van der Waals surface area (Å²) in [4.78, 5) is 15.3. The van der Waals surface area contributed by atoms with Gasteiger partial charge in [0, 0.05) is 10.7 Å². The zero-order valence-corrected chi connectivity index (χ0v) is 16.3. The summed E-state index contributed by atoms with van der Waals surface area (Å²) in [5, 5.41) is 3.56. The van der Waals surface area contributed by atoms with Gasteiger partial charge in [0.05, 0.1) is 19.5 Å². The van der Waals surface area contributed by atoms with Crippen molar-refractivity contribution in [3.63, 3.8) is 0 Å². The SMILES string of the molecule is O=C(CC[NH+]1CC[NH+](C/C=C/c2ccccc2)CC1)Nc1cccc(Cl)c1. The summed E-state index contributed by atoms with van der Waals surface area (Å²) in [7, 11) is 0. The van der Waals surface area contributed by atoms with Gasteiger partial charge in [-0.15, -0.1) is 0 Å². The van der Waals surface area contributed by atoms with E-state index in [-0.39, 0.29) is 5.91 Å². The van der Waals surface area contributed by atoms with Crippen LogP contribution in [-0.4, -0.2) is 45.2 Å². The van der Waals surface area contributed by atoms with Gasteiger partial charge in [0.1, 0.15) is 26.2 Å². The summed E-state index contributed by atoms with van der Waals surface area (Å²) in [6.07, 6.45) is 5.02.